The molecule has 0 aromatic heterocycles. The van der Waals surface area contributed by atoms with Crippen molar-refractivity contribution >= 4 is 39.5 Å². The van der Waals surface area contributed by atoms with Gasteiger partial charge in [0.05, 0.1) is 26.4 Å². The van der Waals surface area contributed by atoms with Crippen molar-refractivity contribution in [2.24, 2.45) is 0 Å². The lowest BCUT2D eigenvalue weighted by Crippen LogP contribution is -2.30. The Labute approximate surface area is 630 Å². The Morgan fingerprint density at radius 1 is 0.279 bits per heavy atom. The molecule has 5 atom stereocenters. The van der Waals surface area contributed by atoms with Crippen molar-refractivity contribution in [2.75, 3.05) is 39.6 Å². The second kappa shape index (κ2) is 76.1. The molecule has 0 amide bonds. The van der Waals surface area contributed by atoms with E-state index in [0.29, 0.717) is 32.1 Å². The molecular weight excluding hydrogens is 1350 g/mol. The smallest absolute Gasteiger partial charge is 0.462 e. The van der Waals surface area contributed by atoms with Gasteiger partial charge in [-0.15, -0.1) is 0 Å². The molecule has 5 unspecified atom stereocenters. The van der Waals surface area contributed by atoms with Gasteiger partial charge in [-0.05, 0) is 135 Å². The van der Waals surface area contributed by atoms with Crippen LogP contribution in [0.2, 0.25) is 0 Å². The molecular formula is C85H142O17P2. The highest BCUT2D eigenvalue weighted by Crippen LogP contribution is 2.45. The average Bonchev–Trinajstić information content (AvgIpc) is 0.939. The van der Waals surface area contributed by atoms with Crippen LogP contribution in [-0.4, -0.2) is 96.7 Å². The van der Waals surface area contributed by atoms with Gasteiger partial charge in [-0.2, -0.15) is 0 Å². The number of phosphoric acid groups is 2. The molecule has 0 fully saturated rings. The molecule has 104 heavy (non-hydrogen) atoms. The summed E-state index contributed by atoms with van der Waals surface area (Å²) >= 11 is 0. The second-order valence-corrected chi connectivity index (χ2v) is 29.2. The minimum atomic E-state index is -5.00. The standard InChI is InChI=1S/C85H142O17P2/c1-5-9-13-17-21-25-29-33-36-38-39-41-44-47-50-54-58-62-66-70-83(88)95-75-80(101-84(89)71-67-63-59-55-51-45-32-28-24-20-16-12-8-4)77-99-103(91,92)97-73-79(86)74-98-104(93,94)100-78-81(102-85(90)72-68-64-60-56-52-48-42-35-31-27-23-19-15-11-7-3)76-96-82(87)69-65-61-57-53-49-46-43-40-37-34-30-26-22-18-14-10-6-2/h9-10,13-14,16,20-22,25-26,28,32-34,36-37,39,41,43,46-47,50,53,57,79-81,86H,5-8,11-12,15,17-19,23-24,27,29-31,35,38,40,42,44-45,48-49,51-52,54-56,58-78H2,1-4H3,(H,91,92)(H,93,94)/b13-9-,14-10-,20-16-,25-21-,26-22-,32-28-,36-33-,37-34-,41-39-,46-43-,50-47-,57-53-. The molecule has 19 heteroatoms. The highest BCUT2D eigenvalue weighted by Gasteiger charge is 2.30. The summed E-state index contributed by atoms with van der Waals surface area (Å²) in [7, 11) is -9.99. The molecule has 0 spiro atoms. The van der Waals surface area contributed by atoms with Crippen LogP contribution in [0.4, 0.5) is 0 Å². The third kappa shape index (κ3) is 75.2. The zero-order valence-corrected chi connectivity index (χ0v) is 66.7. The Morgan fingerprint density at radius 3 is 0.856 bits per heavy atom. The molecule has 0 aliphatic heterocycles. The minimum absolute atomic E-state index is 0.0660. The summed E-state index contributed by atoms with van der Waals surface area (Å²) in [5.41, 5.74) is 0. The monoisotopic (exact) mass is 1500 g/mol. The first-order valence-electron chi connectivity index (χ1n) is 40.1. The van der Waals surface area contributed by atoms with E-state index in [0.717, 1.165) is 161 Å². The molecule has 0 rings (SSSR count). The van der Waals surface area contributed by atoms with E-state index in [1.165, 1.54) is 64.2 Å². The molecule has 0 saturated heterocycles. The Balaban J connectivity index is 5.43. The number of rotatable bonds is 74. The SMILES string of the molecule is CC/C=C\C/C=C\C/C=C\C/C=C\C/C=C\CCCCCC(=O)OCC(COP(=O)(O)OCC(O)COP(=O)(O)OCC(COC(=O)CCC/C=C\C/C=C\C/C=C\C/C=C\C/C=C\CC)OC(=O)CCCCCCCCCCCCCCCCC)OC(=O)CCCCCCC/C=C\C/C=C\CCC. The van der Waals surface area contributed by atoms with E-state index >= 15 is 0 Å². The number of hydrogen-bond acceptors (Lipinski definition) is 15. The van der Waals surface area contributed by atoms with Crippen LogP contribution < -0.4 is 0 Å². The van der Waals surface area contributed by atoms with Gasteiger partial charge >= 0.3 is 39.5 Å². The number of carbonyl (C=O) groups excluding carboxylic acids is 4. The number of carbonyl (C=O) groups is 4. The third-order valence-electron chi connectivity index (χ3n) is 16.3. The van der Waals surface area contributed by atoms with Gasteiger partial charge in [0.25, 0.3) is 0 Å². The largest absolute Gasteiger partial charge is 0.472 e. The molecule has 0 heterocycles. The fraction of sp³-hybridized carbons (Fsp3) is 0.671. The van der Waals surface area contributed by atoms with E-state index in [9.17, 15) is 43.2 Å². The maximum absolute atomic E-state index is 13.1. The Bertz CT molecular complexity index is 2540. The zero-order chi connectivity index (χ0) is 76.0. The van der Waals surface area contributed by atoms with Gasteiger partial charge < -0.3 is 33.8 Å². The lowest BCUT2D eigenvalue weighted by molar-refractivity contribution is -0.161. The summed E-state index contributed by atoms with van der Waals surface area (Å²) < 4.78 is 68.5. The van der Waals surface area contributed by atoms with Crippen LogP contribution in [0.1, 0.15) is 310 Å². The van der Waals surface area contributed by atoms with Crippen LogP contribution in [0.3, 0.4) is 0 Å². The van der Waals surface area contributed by atoms with Crippen LogP contribution in [0.5, 0.6) is 0 Å². The molecule has 0 aromatic carbocycles. The molecule has 0 bridgehead atoms. The number of phosphoric ester groups is 2. The summed E-state index contributed by atoms with van der Waals surface area (Å²) in [6.45, 7) is 4.48. The summed E-state index contributed by atoms with van der Waals surface area (Å²) in [6, 6.07) is 0. The molecule has 0 saturated carbocycles. The van der Waals surface area contributed by atoms with E-state index in [2.05, 4.69) is 161 Å². The maximum Gasteiger partial charge on any atom is 0.472 e. The van der Waals surface area contributed by atoms with Gasteiger partial charge in [0.1, 0.15) is 19.3 Å². The van der Waals surface area contributed by atoms with Gasteiger partial charge in [0.2, 0.25) is 0 Å². The summed E-state index contributed by atoms with van der Waals surface area (Å²) in [6.07, 6.45) is 86.9. The van der Waals surface area contributed by atoms with Crippen molar-refractivity contribution in [2.45, 2.75) is 329 Å². The Kier molecular flexibility index (Phi) is 72.4. The van der Waals surface area contributed by atoms with Crippen LogP contribution in [-0.2, 0) is 65.4 Å². The highest BCUT2D eigenvalue weighted by molar-refractivity contribution is 7.47. The number of allylic oxidation sites excluding steroid dienone is 24. The summed E-state index contributed by atoms with van der Waals surface area (Å²) in [5, 5.41) is 10.6. The van der Waals surface area contributed by atoms with Crippen LogP contribution in [0.15, 0.2) is 146 Å². The van der Waals surface area contributed by atoms with Crippen molar-refractivity contribution < 1.29 is 80.2 Å². The molecule has 0 aromatic rings. The van der Waals surface area contributed by atoms with E-state index < -0.39 is 97.5 Å². The summed E-state index contributed by atoms with van der Waals surface area (Å²) in [5.74, 6) is -2.29. The van der Waals surface area contributed by atoms with Gasteiger partial charge in [0, 0.05) is 25.7 Å². The highest BCUT2D eigenvalue weighted by atomic mass is 31.2. The quantitative estimate of drug-likeness (QED) is 0.0169. The molecule has 3 N–H and O–H groups in total. The topological polar surface area (TPSA) is 237 Å². The lowest BCUT2D eigenvalue weighted by Gasteiger charge is -2.21. The molecule has 17 nitrogen and oxygen atoms in total. The van der Waals surface area contributed by atoms with Crippen molar-refractivity contribution in [3.8, 4) is 0 Å². The fourth-order valence-corrected chi connectivity index (χ4v) is 11.8. The predicted molar refractivity (Wildman–Crippen MR) is 427 cm³/mol. The number of aliphatic hydroxyl groups is 1. The Morgan fingerprint density at radius 2 is 0.529 bits per heavy atom. The number of esters is 4. The van der Waals surface area contributed by atoms with Crippen LogP contribution in [0, 0.1) is 0 Å². The predicted octanol–water partition coefficient (Wildman–Crippen LogP) is 23.4. The molecule has 594 valence electrons. The van der Waals surface area contributed by atoms with E-state index in [-0.39, 0.29) is 25.7 Å². The van der Waals surface area contributed by atoms with Crippen molar-refractivity contribution in [1.82, 2.24) is 0 Å². The van der Waals surface area contributed by atoms with Crippen LogP contribution in [0.25, 0.3) is 0 Å². The number of aliphatic hydroxyl groups excluding tert-OH is 1. The Hall–Kier alpha value is -5.06. The average molecular weight is 1500 g/mol. The lowest BCUT2D eigenvalue weighted by atomic mass is 10.0. The van der Waals surface area contributed by atoms with Crippen molar-refractivity contribution in [3.63, 3.8) is 0 Å². The van der Waals surface area contributed by atoms with Gasteiger partial charge in [0.15, 0.2) is 12.2 Å². The summed E-state index contributed by atoms with van der Waals surface area (Å²) in [4.78, 5) is 73.0. The number of unbranched alkanes of at least 4 members (excludes halogenated alkanes) is 24. The van der Waals surface area contributed by atoms with E-state index in [1.54, 1.807) is 0 Å². The van der Waals surface area contributed by atoms with Crippen molar-refractivity contribution in [3.05, 3.63) is 146 Å². The number of hydrogen-bond donors (Lipinski definition) is 3. The van der Waals surface area contributed by atoms with Crippen molar-refractivity contribution in [1.29, 1.82) is 0 Å². The maximum atomic E-state index is 13.1. The molecule has 0 radical (unpaired) electrons. The third-order valence-corrected chi connectivity index (χ3v) is 18.2. The fourth-order valence-electron chi connectivity index (χ4n) is 10.3. The molecule has 0 aliphatic rings. The van der Waals surface area contributed by atoms with E-state index in [1.807, 2.05) is 12.2 Å². The van der Waals surface area contributed by atoms with E-state index in [4.69, 9.17) is 37.0 Å². The van der Waals surface area contributed by atoms with Gasteiger partial charge in [-0.25, -0.2) is 9.13 Å². The minimum Gasteiger partial charge on any atom is -0.462 e. The normalized spacial score (nSPS) is 14.6. The van der Waals surface area contributed by atoms with Crippen LogP contribution >= 0.6 is 15.6 Å². The first-order valence-corrected chi connectivity index (χ1v) is 43.1. The second-order valence-electron chi connectivity index (χ2n) is 26.2. The molecule has 0 aliphatic carbocycles. The number of ether oxygens (including phenoxy) is 4. The van der Waals surface area contributed by atoms with Gasteiger partial charge in [-0.3, -0.25) is 37.3 Å². The first-order chi connectivity index (χ1) is 50.7. The first kappa shape index (κ1) is 98.9. The zero-order valence-electron chi connectivity index (χ0n) is 64.9. The van der Waals surface area contributed by atoms with Gasteiger partial charge in [-0.1, -0.05) is 296 Å².